The second kappa shape index (κ2) is 7.45. The quantitative estimate of drug-likeness (QED) is 0.645. The molecule has 1 aliphatic heterocycles. The maximum Gasteiger partial charge on any atom is 0.257 e. The molecule has 136 valence electrons. The van der Waals surface area contributed by atoms with Crippen LogP contribution >= 0.6 is 11.8 Å². The number of carbonyl (C=O) groups is 2. The van der Waals surface area contributed by atoms with Crippen LogP contribution in [0.15, 0.2) is 34.2 Å². The van der Waals surface area contributed by atoms with E-state index in [0.717, 1.165) is 5.69 Å². The molecule has 0 saturated carbocycles. The fourth-order valence-electron chi connectivity index (χ4n) is 3.12. The number of anilines is 1. The Labute approximate surface area is 156 Å². The molecule has 0 saturated heterocycles. The average Bonchev–Trinajstić information content (AvgIpc) is 2.97. The molecule has 0 aliphatic carbocycles. The van der Waals surface area contributed by atoms with Crippen molar-refractivity contribution in [1.29, 1.82) is 0 Å². The molecule has 0 spiro atoms. The van der Waals surface area contributed by atoms with Gasteiger partial charge in [-0.3, -0.25) is 19.0 Å². The van der Waals surface area contributed by atoms with E-state index < -0.39 is 0 Å². The highest BCUT2D eigenvalue weighted by atomic mass is 32.2. The van der Waals surface area contributed by atoms with Gasteiger partial charge in [-0.2, -0.15) is 0 Å². The zero-order chi connectivity index (χ0) is 18.8. The Kier molecular flexibility index (Phi) is 5.27. The molecular formula is C19H21N3O3S. The number of rotatable bonds is 5. The lowest BCUT2D eigenvalue weighted by Crippen LogP contribution is -2.30. The summed E-state index contributed by atoms with van der Waals surface area (Å²) in [6, 6.07) is 6.63. The zero-order valence-electron chi connectivity index (χ0n) is 15.0. The number of hydrogen-bond donors (Lipinski definition) is 1. The Morgan fingerprint density at radius 2 is 2.15 bits per heavy atom. The number of thioether (sulfide) groups is 1. The minimum atomic E-state index is -0.211. The van der Waals surface area contributed by atoms with Gasteiger partial charge in [-0.05, 0) is 32.4 Å². The van der Waals surface area contributed by atoms with Gasteiger partial charge in [0.15, 0.2) is 10.9 Å². The smallest absolute Gasteiger partial charge is 0.257 e. The number of aryl methyl sites for hydroxylation is 1. The van der Waals surface area contributed by atoms with Crippen LogP contribution in [0.4, 0.5) is 5.69 Å². The predicted octanol–water partition coefficient (Wildman–Crippen LogP) is 2.99. The zero-order valence-corrected chi connectivity index (χ0v) is 15.9. The summed E-state index contributed by atoms with van der Waals surface area (Å²) in [5.74, 6) is 0.410. The minimum Gasteiger partial charge on any atom is -0.326 e. The Balaban J connectivity index is 1.78. The van der Waals surface area contributed by atoms with E-state index in [0.29, 0.717) is 34.1 Å². The van der Waals surface area contributed by atoms with E-state index in [2.05, 4.69) is 10.3 Å². The third-order valence-corrected chi connectivity index (χ3v) is 5.58. The molecule has 2 heterocycles. The fraction of sp³-hybridized carbons (Fsp3) is 0.368. The van der Waals surface area contributed by atoms with Crippen molar-refractivity contribution in [2.24, 2.45) is 0 Å². The summed E-state index contributed by atoms with van der Waals surface area (Å²) in [7, 11) is 0. The molecule has 1 atom stereocenters. The molecule has 3 rings (SSSR count). The van der Waals surface area contributed by atoms with E-state index in [1.54, 1.807) is 28.8 Å². The molecule has 0 radical (unpaired) electrons. The molecular weight excluding hydrogens is 350 g/mol. The van der Waals surface area contributed by atoms with Crippen LogP contribution in [0.3, 0.4) is 0 Å². The summed E-state index contributed by atoms with van der Waals surface area (Å²) in [6.45, 7) is 5.27. The summed E-state index contributed by atoms with van der Waals surface area (Å²) < 4.78 is 1.65. The first-order valence-corrected chi connectivity index (χ1v) is 9.55. The molecule has 1 N–H and O–H groups in total. The highest BCUT2D eigenvalue weighted by Gasteiger charge is 2.29. The largest absolute Gasteiger partial charge is 0.326 e. The minimum absolute atomic E-state index is 0.0450. The van der Waals surface area contributed by atoms with Crippen molar-refractivity contribution >= 4 is 29.1 Å². The number of fused-ring (bicyclic) bond motifs is 1. The second-order valence-electron chi connectivity index (χ2n) is 6.34. The number of nitrogens with zero attached hydrogens (tertiary/aromatic N) is 2. The van der Waals surface area contributed by atoms with Gasteiger partial charge in [0.25, 0.3) is 5.56 Å². The van der Waals surface area contributed by atoms with Gasteiger partial charge < -0.3 is 5.32 Å². The van der Waals surface area contributed by atoms with Crippen LogP contribution in [0.5, 0.6) is 0 Å². The van der Waals surface area contributed by atoms with Crippen molar-refractivity contribution in [2.75, 3.05) is 11.1 Å². The number of hydrogen-bond acceptors (Lipinski definition) is 5. The average molecular weight is 371 g/mol. The SMILES string of the molecule is CCc1c(C)nc2n(c1=O)C(CC(=O)Nc1cccc(C(C)=O)c1)CS2. The van der Waals surface area contributed by atoms with E-state index >= 15 is 0 Å². The van der Waals surface area contributed by atoms with Crippen LogP contribution in [0.2, 0.25) is 0 Å². The van der Waals surface area contributed by atoms with Gasteiger partial charge in [0, 0.05) is 34.7 Å². The highest BCUT2D eigenvalue weighted by molar-refractivity contribution is 7.99. The van der Waals surface area contributed by atoms with E-state index in [-0.39, 0.29) is 29.7 Å². The fourth-order valence-corrected chi connectivity index (χ4v) is 4.30. The lowest BCUT2D eigenvalue weighted by Gasteiger charge is -2.15. The highest BCUT2D eigenvalue weighted by Crippen LogP contribution is 2.32. The number of nitrogens with one attached hydrogen (secondary N) is 1. The lowest BCUT2D eigenvalue weighted by molar-refractivity contribution is -0.116. The number of aromatic nitrogens is 2. The molecule has 1 unspecified atom stereocenters. The van der Waals surface area contributed by atoms with Crippen LogP contribution < -0.4 is 10.9 Å². The normalized spacial score (nSPS) is 15.6. The monoisotopic (exact) mass is 371 g/mol. The number of carbonyl (C=O) groups excluding carboxylic acids is 2. The van der Waals surface area contributed by atoms with Gasteiger partial charge in [-0.1, -0.05) is 30.8 Å². The molecule has 26 heavy (non-hydrogen) atoms. The molecule has 6 nitrogen and oxygen atoms in total. The molecule has 1 aliphatic rings. The Morgan fingerprint density at radius 1 is 1.38 bits per heavy atom. The third kappa shape index (κ3) is 3.58. The number of amides is 1. The summed E-state index contributed by atoms with van der Waals surface area (Å²) in [4.78, 5) is 41.2. The first-order valence-electron chi connectivity index (χ1n) is 8.56. The van der Waals surface area contributed by atoms with Crippen molar-refractivity contribution in [3.63, 3.8) is 0 Å². The second-order valence-corrected chi connectivity index (χ2v) is 7.33. The first-order chi connectivity index (χ1) is 12.4. The van der Waals surface area contributed by atoms with Crippen LogP contribution in [-0.4, -0.2) is 27.0 Å². The van der Waals surface area contributed by atoms with Gasteiger partial charge in [0.2, 0.25) is 5.91 Å². The van der Waals surface area contributed by atoms with Gasteiger partial charge in [-0.15, -0.1) is 0 Å². The summed E-state index contributed by atoms with van der Waals surface area (Å²) in [6.07, 6.45) is 0.817. The maximum atomic E-state index is 12.7. The molecule has 1 aromatic heterocycles. The van der Waals surface area contributed by atoms with E-state index in [4.69, 9.17) is 0 Å². The molecule has 2 aromatic rings. The van der Waals surface area contributed by atoms with E-state index in [1.807, 2.05) is 13.8 Å². The van der Waals surface area contributed by atoms with E-state index in [1.165, 1.54) is 18.7 Å². The summed E-state index contributed by atoms with van der Waals surface area (Å²) >= 11 is 1.51. The van der Waals surface area contributed by atoms with Crippen molar-refractivity contribution in [1.82, 2.24) is 9.55 Å². The Bertz CT molecular complexity index is 936. The maximum absolute atomic E-state index is 12.7. The number of benzene rings is 1. The molecule has 1 aromatic carbocycles. The lowest BCUT2D eigenvalue weighted by atomic mass is 10.1. The van der Waals surface area contributed by atoms with Crippen LogP contribution in [0.1, 0.15) is 47.9 Å². The van der Waals surface area contributed by atoms with Crippen molar-refractivity contribution in [3.05, 3.63) is 51.4 Å². The van der Waals surface area contributed by atoms with E-state index in [9.17, 15) is 14.4 Å². The molecule has 0 bridgehead atoms. The molecule has 7 heteroatoms. The topological polar surface area (TPSA) is 81.1 Å². The van der Waals surface area contributed by atoms with Crippen LogP contribution in [0, 0.1) is 6.92 Å². The standard InChI is InChI=1S/C19H21N3O3S/c1-4-16-11(2)20-19-22(18(16)25)15(10-26-19)9-17(24)21-14-7-5-6-13(8-14)12(3)23/h5-8,15H,4,9-10H2,1-3H3,(H,21,24). The summed E-state index contributed by atoms with van der Waals surface area (Å²) in [5.41, 5.74) is 2.56. The first kappa shape index (κ1) is 18.4. The Morgan fingerprint density at radius 3 is 2.85 bits per heavy atom. The predicted molar refractivity (Wildman–Crippen MR) is 102 cm³/mol. The van der Waals surface area contributed by atoms with Crippen LogP contribution in [-0.2, 0) is 11.2 Å². The number of ketones is 1. The van der Waals surface area contributed by atoms with Gasteiger partial charge >= 0.3 is 0 Å². The number of Topliss-reactive ketones (excluding diaryl/α,β-unsaturated/α-hetero) is 1. The van der Waals surface area contributed by atoms with Crippen molar-refractivity contribution < 1.29 is 9.59 Å². The molecule has 1 amide bonds. The Hall–Kier alpha value is -2.41. The van der Waals surface area contributed by atoms with Gasteiger partial charge in [-0.25, -0.2) is 4.98 Å². The van der Waals surface area contributed by atoms with Crippen molar-refractivity contribution in [2.45, 2.75) is 44.8 Å². The third-order valence-electron chi connectivity index (χ3n) is 4.48. The van der Waals surface area contributed by atoms with Crippen molar-refractivity contribution in [3.8, 4) is 0 Å². The molecule has 0 fully saturated rings. The van der Waals surface area contributed by atoms with Crippen LogP contribution in [0.25, 0.3) is 0 Å². The summed E-state index contributed by atoms with van der Waals surface area (Å²) in [5, 5.41) is 3.50. The van der Waals surface area contributed by atoms with Gasteiger partial charge in [0.05, 0.1) is 6.04 Å². The van der Waals surface area contributed by atoms with Gasteiger partial charge in [0.1, 0.15) is 0 Å².